The van der Waals surface area contributed by atoms with Crippen molar-refractivity contribution in [1.29, 1.82) is 0 Å². The molecule has 0 radical (unpaired) electrons. The molecule has 5 rings (SSSR count). The lowest BCUT2D eigenvalue weighted by Gasteiger charge is -2.34. The van der Waals surface area contributed by atoms with Gasteiger partial charge in [-0.3, -0.25) is 14.4 Å². The van der Waals surface area contributed by atoms with Crippen molar-refractivity contribution in [2.45, 2.75) is 48.3 Å². The van der Waals surface area contributed by atoms with Gasteiger partial charge in [-0.1, -0.05) is 34.1 Å². The monoisotopic (exact) mass is 585 g/mol. The molecule has 3 N–H and O–H groups in total. The fourth-order valence-electron chi connectivity index (χ4n) is 6.17. The molecule has 0 aromatic heterocycles. The summed E-state index contributed by atoms with van der Waals surface area (Å²) in [6.07, 6.45) is 1.87. The Kier molecular flexibility index (Phi) is 7.74. The second-order valence-electron chi connectivity index (χ2n) is 10.1. The van der Waals surface area contributed by atoms with Gasteiger partial charge in [-0.2, -0.15) is 0 Å². The molecule has 3 aliphatic rings. The van der Waals surface area contributed by atoms with Crippen molar-refractivity contribution in [1.82, 2.24) is 4.90 Å². The molecule has 6 atom stereocenters. The minimum Gasteiger partial charge on any atom is -0.497 e. The third kappa shape index (κ3) is 4.69. The maximum atomic E-state index is 14.0. The molecule has 3 unspecified atom stereocenters. The summed E-state index contributed by atoms with van der Waals surface area (Å²) in [5, 5.41) is 15.1. The number of hydrogen-bond acceptors (Lipinski definition) is 6. The van der Waals surface area contributed by atoms with Crippen molar-refractivity contribution in [2.75, 3.05) is 30.9 Å². The number of aliphatic hydroxyl groups is 1. The van der Waals surface area contributed by atoms with E-state index in [1.54, 1.807) is 48.4 Å². The van der Waals surface area contributed by atoms with E-state index in [0.29, 0.717) is 49.4 Å². The van der Waals surface area contributed by atoms with Crippen LogP contribution >= 0.6 is 15.9 Å². The topological polar surface area (TPSA) is 117 Å². The molecule has 3 aliphatic heterocycles. The van der Waals surface area contributed by atoms with Gasteiger partial charge in [0.15, 0.2) is 0 Å². The summed E-state index contributed by atoms with van der Waals surface area (Å²) in [6.45, 7) is 0.408. The predicted octanol–water partition coefficient (Wildman–Crippen LogP) is 3.18. The molecular weight excluding hydrogens is 554 g/mol. The zero-order valence-electron chi connectivity index (χ0n) is 21.1. The number of alkyl halides is 1. The lowest BCUT2D eigenvalue weighted by molar-refractivity contribution is -0.139. The third-order valence-electron chi connectivity index (χ3n) is 7.80. The Morgan fingerprint density at radius 1 is 1.05 bits per heavy atom. The number of likely N-dealkylation sites (tertiary alicyclic amines) is 1. The van der Waals surface area contributed by atoms with Crippen LogP contribution in [-0.4, -0.2) is 70.6 Å². The van der Waals surface area contributed by atoms with Crippen LogP contribution in [-0.2, 0) is 19.1 Å². The van der Waals surface area contributed by atoms with E-state index in [9.17, 15) is 19.5 Å². The first-order valence-electron chi connectivity index (χ1n) is 12.9. The number of para-hydroxylation sites is 1. The maximum Gasteiger partial charge on any atom is 0.250 e. The van der Waals surface area contributed by atoms with E-state index in [1.807, 2.05) is 18.2 Å². The smallest absolute Gasteiger partial charge is 0.250 e. The van der Waals surface area contributed by atoms with E-state index >= 15 is 0 Å². The number of rotatable bonds is 10. The molecule has 38 heavy (non-hydrogen) atoms. The van der Waals surface area contributed by atoms with E-state index in [-0.39, 0.29) is 29.2 Å². The first-order chi connectivity index (χ1) is 18.4. The summed E-state index contributed by atoms with van der Waals surface area (Å²) in [5.41, 5.74) is 0.0903. The fourth-order valence-corrected chi connectivity index (χ4v) is 7.12. The number of anilines is 2. The van der Waals surface area contributed by atoms with Crippen molar-refractivity contribution in [3.8, 4) is 5.75 Å². The van der Waals surface area contributed by atoms with Crippen molar-refractivity contribution >= 4 is 45.0 Å². The number of benzene rings is 2. The van der Waals surface area contributed by atoms with Crippen LogP contribution in [0, 0.1) is 11.8 Å². The third-order valence-corrected chi connectivity index (χ3v) is 8.64. The van der Waals surface area contributed by atoms with Crippen LogP contribution < -0.4 is 15.4 Å². The second kappa shape index (κ2) is 11.0. The average molecular weight is 586 g/mol. The van der Waals surface area contributed by atoms with Gasteiger partial charge in [0.25, 0.3) is 0 Å². The highest BCUT2D eigenvalue weighted by molar-refractivity contribution is 9.09. The van der Waals surface area contributed by atoms with Crippen molar-refractivity contribution < 1.29 is 29.0 Å². The molecule has 3 fully saturated rings. The van der Waals surface area contributed by atoms with Crippen LogP contribution in [0.25, 0.3) is 0 Å². The molecule has 2 bridgehead atoms. The van der Waals surface area contributed by atoms with Gasteiger partial charge in [0.2, 0.25) is 17.7 Å². The number of methoxy groups -OCH3 is 1. The van der Waals surface area contributed by atoms with Crippen molar-refractivity contribution in [2.24, 2.45) is 11.8 Å². The van der Waals surface area contributed by atoms with Crippen LogP contribution in [0.2, 0.25) is 0 Å². The van der Waals surface area contributed by atoms with Crippen LogP contribution in [0.1, 0.15) is 25.7 Å². The van der Waals surface area contributed by atoms with Crippen molar-refractivity contribution in [3.63, 3.8) is 0 Å². The fraction of sp³-hybridized carbons (Fsp3) is 0.464. The number of halogens is 1. The lowest BCUT2D eigenvalue weighted by atomic mass is 9.70. The summed E-state index contributed by atoms with van der Waals surface area (Å²) in [7, 11) is 1.57. The largest absolute Gasteiger partial charge is 0.497 e. The molecule has 2 aromatic carbocycles. The minimum absolute atomic E-state index is 0.0691. The molecule has 9 nitrogen and oxygen atoms in total. The number of nitrogens with one attached hydrogen (secondary N) is 2. The first-order valence-corrected chi connectivity index (χ1v) is 13.8. The number of nitrogens with zero attached hydrogens (tertiary/aromatic N) is 1. The minimum atomic E-state index is -1.12. The van der Waals surface area contributed by atoms with Gasteiger partial charge in [0, 0.05) is 29.4 Å². The van der Waals surface area contributed by atoms with Crippen LogP contribution in [0.4, 0.5) is 11.4 Å². The summed E-state index contributed by atoms with van der Waals surface area (Å²) >= 11 is 3.69. The van der Waals surface area contributed by atoms with E-state index in [4.69, 9.17) is 9.47 Å². The molecule has 3 saturated heterocycles. The van der Waals surface area contributed by atoms with E-state index in [2.05, 4.69) is 26.6 Å². The van der Waals surface area contributed by atoms with E-state index < -0.39 is 29.6 Å². The van der Waals surface area contributed by atoms with Gasteiger partial charge >= 0.3 is 0 Å². The molecule has 10 heteroatoms. The molecule has 202 valence electrons. The number of carbonyl (C=O) groups excluding carboxylic acids is 3. The van der Waals surface area contributed by atoms with E-state index in [0.717, 1.165) is 0 Å². The van der Waals surface area contributed by atoms with Gasteiger partial charge in [-0.15, -0.1) is 0 Å². The SMILES string of the molecule is COc1ccc(NC(=O)C2N(CCCCCO)C(=O)[C@@H]3[C@@H](C(=O)Nc4ccccc4)[C@@H]4OC23CC4Br)cc1. The Hall–Kier alpha value is -2.95. The molecular formula is C28H32BrN3O6. The zero-order valence-corrected chi connectivity index (χ0v) is 22.7. The van der Waals surface area contributed by atoms with Gasteiger partial charge in [0.05, 0.1) is 25.0 Å². The maximum absolute atomic E-state index is 14.0. The second-order valence-corrected chi connectivity index (χ2v) is 11.2. The average Bonchev–Trinajstić information content (AvgIpc) is 3.51. The highest BCUT2D eigenvalue weighted by Crippen LogP contribution is 2.60. The van der Waals surface area contributed by atoms with Gasteiger partial charge < -0.3 is 30.1 Å². The molecule has 0 saturated carbocycles. The Bertz CT molecular complexity index is 1180. The summed E-state index contributed by atoms with van der Waals surface area (Å²) < 4.78 is 11.7. The normalized spacial score (nSPS) is 29.3. The van der Waals surface area contributed by atoms with Gasteiger partial charge in [0.1, 0.15) is 17.4 Å². The molecule has 3 amide bonds. The molecule has 1 spiro atoms. The summed E-state index contributed by atoms with van der Waals surface area (Å²) in [4.78, 5) is 42.8. The Balaban J connectivity index is 1.45. The number of hydrogen-bond donors (Lipinski definition) is 3. The predicted molar refractivity (Wildman–Crippen MR) is 145 cm³/mol. The Morgan fingerprint density at radius 3 is 2.42 bits per heavy atom. The number of unbranched alkanes of at least 4 members (excludes halogenated alkanes) is 2. The lowest BCUT2D eigenvalue weighted by Crippen LogP contribution is -2.54. The Morgan fingerprint density at radius 2 is 1.74 bits per heavy atom. The van der Waals surface area contributed by atoms with Gasteiger partial charge in [-0.05, 0) is 62.1 Å². The molecule has 0 aliphatic carbocycles. The number of aliphatic hydroxyl groups excluding tert-OH is 1. The first kappa shape index (κ1) is 26.6. The molecule has 2 aromatic rings. The molecule has 3 heterocycles. The number of fused-ring (bicyclic) bond motifs is 1. The number of carbonyl (C=O) groups is 3. The highest BCUT2D eigenvalue weighted by atomic mass is 79.9. The quantitative estimate of drug-likeness (QED) is 0.291. The Labute approximate surface area is 230 Å². The van der Waals surface area contributed by atoms with Crippen LogP contribution in [0.3, 0.4) is 0 Å². The number of amides is 3. The van der Waals surface area contributed by atoms with Crippen LogP contribution in [0.15, 0.2) is 54.6 Å². The van der Waals surface area contributed by atoms with Crippen LogP contribution in [0.5, 0.6) is 5.75 Å². The van der Waals surface area contributed by atoms with Gasteiger partial charge in [-0.25, -0.2) is 0 Å². The van der Waals surface area contributed by atoms with E-state index in [1.165, 1.54) is 0 Å². The number of ether oxygens (including phenoxy) is 2. The zero-order chi connectivity index (χ0) is 26.9. The summed E-state index contributed by atoms with van der Waals surface area (Å²) in [5.74, 6) is -1.72. The van der Waals surface area contributed by atoms with Crippen molar-refractivity contribution in [3.05, 3.63) is 54.6 Å². The standard InChI is InChI=1S/C28H32BrN3O6/c1-37-19-12-10-18(11-13-19)31-26(35)24-28-16-20(29)23(38-28)21(25(34)30-17-8-4-2-5-9-17)22(28)27(36)32(24)14-6-3-7-15-33/h2,4-5,8-13,20-24,33H,3,6-7,14-16H2,1H3,(H,30,34)(H,31,35)/t20?,21-,22+,23-,24?,28?/m1/s1. The highest BCUT2D eigenvalue weighted by Gasteiger charge is 2.76. The summed E-state index contributed by atoms with van der Waals surface area (Å²) in [6, 6.07) is 15.2.